The van der Waals surface area contributed by atoms with Gasteiger partial charge in [-0.25, -0.2) is 0 Å². The molecule has 7 heteroatoms. The molecule has 0 aliphatic carbocycles. The highest BCUT2D eigenvalue weighted by Crippen LogP contribution is 2.34. The van der Waals surface area contributed by atoms with Crippen molar-refractivity contribution in [3.05, 3.63) is 99.6 Å². The van der Waals surface area contributed by atoms with Gasteiger partial charge < -0.3 is 15.0 Å². The average Bonchev–Trinajstić information content (AvgIpc) is 3.31. The van der Waals surface area contributed by atoms with E-state index >= 15 is 0 Å². The Morgan fingerprint density at radius 2 is 1.64 bits per heavy atom. The molecule has 3 aromatic rings. The summed E-state index contributed by atoms with van der Waals surface area (Å²) < 4.78 is 6.22. The van der Waals surface area contributed by atoms with Crippen LogP contribution in [-0.4, -0.2) is 47.3 Å². The minimum Gasteiger partial charge on any atom is -0.489 e. The van der Waals surface area contributed by atoms with Gasteiger partial charge in [0.05, 0.1) is 12.6 Å². The fourth-order valence-corrected chi connectivity index (χ4v) is 6.19. The molecule has 202 valence electrons. The Morgan fingerprint density at radius 1 is 0.897 bits per heavy atom. The second kappa shape index (κ2) is 11.4. The van der Waals surface area contributed by atoms with Crippen LogP contribution in [0.3, 0.4) is 0 Å². The van der Waals surface area contributed by atoms with Crippen molar-refractivity contribution in [3.63, 3.8) is 0 Å². The molecule has 1 N–H and O–H groups in total. The Labute approximate surface area is 234 Å². The summed E-state index contributed by atoms with van der Waals surface area (Å²) in [6.45, 7) is 4.65. The van der Waals surface area contributed by atoms with E-state index in [9.17, 15) is 9.59 Å². The number of likely N-dealkylation sites (tertiary alicyclic amines) is 1. The van der Waals surface area contributed by atoms with Gasteiger partial charge in [-0.05, 0) is 79.2 Å². The van der Waals surface area contributed by atoms with Gasteiger partial charge in [-0.15, -0.1) is 0 Å². The van der Waals surface area contributed by atoms with Crippen LogP contribution >= 0.6 is 11.6 Å². The first-order chi connectivity index (χ1) is 19.0. The zero-order valence-electron chi connectivity index (χ0n) is 22.1. The third kappa shape index (κ3) is 5.82. The molecule has 0 radical (unpaired) electrons. The van der Waals surface area contributed by atoms with Crippen LogP contribution in [0.2, 0.25) is 5.02 Å². The lowest BCUT2D eigenvalue weighted by Crippen LogP contribution is -2.48. The summed E-state index contributed by atoms with van der Waals surface area (Å²) in [5.41, 5.74) is 5.46. The molecule has 0 saturated carbocycles. The van der Waals surface area contributed by atoms with Crippen LogP contribution in [0.5, 0.6) is 5.75 Å². The quantitative estimate of drug-likeness (QED) is 0.425. The predicted octanol–water partition coefficient (Wildman–Crippen LogP) is 5.53. The molecule has 1 atom stereocenters. The topological polar surface area (TPSA) is 61.9 Å². The fourth-order valence-electron chi connectivity index (χ4n) is 6.06. The van der Waals surface area contributed by atoms with Crippen molar-refractivity contribution >= 4 is 23.4 Å². The van der Waals surface area contributed by atoms with E-state index in [1.165, 1.54) is 24.0 Å². The molecule has 3 aliphatic rings. The van der Waals surface area contributed by atoms with E-state index in [-0.39, 0.29) is 17.9 Å². The summed E-state index contributed by atoms with van der Waals surface area (Å²) in [5, 5.41) is 3.68. The number of nitrogens with zero attached hydrogens (tertiary/aromatic N) is 2. The van der Waals surface area contributed by atoms with Gasteiger partial charge in [-0.3, -0.25) is 14.5 Å². The number of hydrogen-bond acceptors (Lipinski definition) is 4. The van der Waals surface area contributed by atoms with Crippen LogP contribution in [0, 0.1) is 0 Å². The lowest BCUT2D eigenvalue weighted by atomic mass is 9.89. The average molecular weight is 544 g/mol. The first-order valence-corrected chi connectivity index (χ1v) is 14.3. The zero-order valence-corrected chi connectivity index (χ0v) is 22.8. The maximum atomic E-state index is 13.1. The summed E-state index contributed by atoms with van der Waals surface area (Å²) in [6, 6.07) is 22.7. The van der Waals surface area contributed by atoms with Gasteiger partial charge in [-0.1, -0.05) is 54.1 Å². The van der Waals surface area contributed by atoms with Crippen molar-refractivity contribution in [2.24, 2.45) is 0 Å². The van der Waals surface area contributed by atoms with E-state index in [0.29, 0.717) is 44.0 Å². The van der Waals surface area contributed by atoms with Gasteiger partial charge >= 0.3 is 0 Å². The molecule has 3 aliphatic heterocycles. The van der Waals surface area contributed by atoms with Crippen LogP contribution in [0.1, 0.15) is 64.2 Å². The number of nitrogens with one attached hydrogen (secondary N) is 1. The monoisotopic (exact) mass is 543 g/mol. The summed E-state index contributed by atoms with van der Waals surface area (Å²) in [5.74, 6) is 1.46. The Hall–Kier alpha value is -3.35. The van der Waals surface area contributed by atoms with Crippen molar-refractivity contribution < 1.29 is 14.3 Å². The largest absolute Gasteiger partial charge is 0.489 e. The number of ether oxygens (including phenoxy) is 1. The molecule has 39 heavy (non-hydrogen) atoms. The molecule has 3 heterocycles. The van der Waals surface area contributed by atoms with Crippen molar-refractivity contribution in [2.45, 2.75) is 57.3 Å². The molecule has 0 bridgehead atoms. The Bertz CT molecular complexity index is 1320. The van der Waals surface area contributed by atoms with Crippen LogP contribution in [-0.2, 0) is 24.5 Å². The normalized spacial score (nSPS) is 20.1. The molecule has 6 nitrogen and oxygen atoms in total. The SMILES string of the molecule is O=C1CCC(N2Cc3c(OCc4ccc(CN5CCC(c6ccc(Cl)cc6)CC5)cc4)cccc3C2=O)CN1. The number of benzene rings is 3. The summed E-state index contributed by atoms with van der Waals surface area (Å²) in [4.78, 5) is 29.0. The van der Waals surface area contributed by atoms with E-state index in [1.807, 2.05) is 35.2 Å². The highest BCUT2D eigenvalue weighted by atomic mass is 35.5. The first-order valence-electron chi connectivity index (χ1n) is 13.9. The van der Waals surface area contributed by atoms with Crippen LogP contribution in [0.15, 0.2) is 66.7 Å². The number of carbonyl (C=O) groups excluding carboxylic acids is 2. The number of rotatable bonds is 7. The molecule has 2 fully saturated rings. The molecule has 0 spiro atoms. The third-order valence-corrected chi connectivity index (χ3v) is 8.64. The second-order valence-electron chi connectivity index (χ2n) is 10.9. The molecular formula is C32H34ClN3O3. The highest BCUT2D eigenvalue weighted by molar-refractivity contribution is 6.30. The van der Waals surface area contributed by atoms with E-state index in [0.717, 1.165) is 41.5 Å². The lowest BCUT2D eigenvalue weighted by Gasteiger charge is -2.32. The molecule has 3 aromatic carbocycles. The van der Waals surface area contributed by atoms with Crippen LogP contribution in [0.4, 0.5) is 0 Å². The first kappa shape index (κ1) is 25.9. The summed E-state index contributed by atoms with van der Waals surface area (Å²) >= 11 is 6.05. The van der Waals surface area contributed by atoms with Crippen molar-refractivity contribution in [1.29, 1.82) is 0 Å². The molecule has 6 rings (SSSR count). The Balaban J connectivity index is 1.01. The molecule has 2 saturated heterocycles. The Kier molecular flexibility index (Phi) is 7.58. The van der Waals surface area contributed by atoms with Gasteiger partial charge in [-0.2, -0.15) is 0 Å². The third-order valence-electron chi connectivity index (χ3n) is 8.39. The number of amides is 2. The number of carbonyl (C=O) groups is 2. The van der Waals surface area contributed by atoms with Gasteiger partial charge in [0.2, 0.25) is 5.91 Å². The van der Waals surface area contributed by atoms with Crippen molar-refractivity contribution in [2.75, 3.05) is 19.6 Å². The lowest BCUT2D eigenvalue weighted by molar-refractivity contribution is -0.123. The smallest absolute Gasteiger partial charge is 0.254 e. The fraction of sp³-hybridized carbons (Fsp3) is 0.375. The maximum absolute atomic E-state index is 13.1. The van der Waals surface area contributed by atoms with Gasteiger partial charge in [0, 0.05) is 35.7 Å². The zero-order chi connectivity index (χ0) is 26.8. The second-order valence-corrected chi connectivity index (χ2v) is 11.4. The maximum Gasteiger partial charge on any atom is 0.254 e. The van der Waals surface area contributed by atoms with Gasteiger partial charge in [0.1, 0.15) is 12.4 Å². The predicted molar refractivity (Wildman–Crippen MR) is 152 cm³/mol. The van der Waals surface area contributed by atoms with Crippen molar-refractivity contribution in [1.82, 2.24) is 15.1 Å². The summed E-state index contributed by atoms with van der Waals surface area (Å²) in [7, 11) is 0. The van der Waals surface area contributed by atoms with Crippen LogP contribution in [0.25, 0.3) is 0 Å². The van der Waals surface area contributed by atoms with E-state index in [1.54, 1.807) is 0 Å². The number of fused-ring (bicyclic) bond motifs is 1. The number of halogens is 1. The summed E-state index contributed by atoms with van der Waals surface area (Å²) in [6.07, 6.45) is 3.51. The van der Waals surface area contributed by atoms with E-state index < -0.39 is 0 Å². The van der Waals surface area contributed by atoms with E-state index in [4.69, 9.17) is 16.3 Å². The van der Waals surface area contributed by atoms with Gasteiger partial charge in [0.25, 0.3) is 5.91 Å². The molecule has 0 aromatic heterocycles. The highest BCUT2D eigenvalue weighted by Gasteiger charge is 2.36. The Morgan fingerprint density at radius 3 is 2.36 bits per heavy atom. The molecular weight excluding hydrogens is 510 g/mol. The minimum absolute atomic E-state index is 0.0261. The van der Waals surface area contributed by atoms with Crippen molar-refractivity contribution in [3.8, 4) is 5.75 Å². The van der Waals surface area contributed by atoms with E-state index in [2.05, 4.69) is 46.6 Å². The molecule has 1 unspecified atom stereocenters. The standard InChI is InChI=1S/C32H34ClN3O3/c33-26-10-8-24(9-11-26)25-14-16-35(17-15-25)19-22-4-6-23(7-5-22)21-39-30-3-1-2-28-29(30)20-36(32(28)38)27-12-13-31(37)34-18-27/h1-11,25,27H,12-21H2,(H,34,37). The number of hydrogen-bond donors (Lipinski definition) is 1. The van der Waals surface area contributed by atoms with Gasteiger partial charge in [0.15, 0.2) is 0 Å². The van der Waals surface area contributed by atoms with Crippen LogP contribution < -0.4 is 10.1 Å². The minimum atomic E-state index is 0.0261. The number of piperidine rings is 2. The molecule has 2 amide bonds.